The van der Waals surface area contributed by atoms with E-state index in [0.29, 0.717) is 18.0 Å². The predicted molar refractivity (Wildman–Crippen MR) is 121 cm³/mol. The van der Waals surface area contributed by atoms with Crippen LogP contribution in [0, 0.1) is 0 Å². The van der Waals surface area contributed by atoms with Gasteiger partial charge in [0.1, 0.15) is 6.04 Å². The fourth-order valence-electron chi connectivity index (χ4n) is 2.79. The van der Waals surface area contributed by atoms with Crippen LogP contribution in [0.1, 0.15) is 32.8 Å². The molecule has 2 atom stereocenters. The van der Waals surface area contributed by atoms with Gasteiger partial charge in [-0.15, -0.1) is 11.8 Å². The van der Waals surface area contributed by atoms with Crippen molar-refractivity contribution >= 4 is 35.2 Å². The third-order valence-electron chi connectivity index (χ3n) is 4.83. The summed E-state index contributed by atoms with van der Waals surface area (Å²) in [7, 11) is 0. The first-order valence-corrected chi connectivity index (χ1v) is 11.3. The Morgan fingerprint density at radius 2 is 1.72 bits per heavy atom. The lowest BCUT2D eigenvalue weighted by Gasteiger charge is -2.29. The van der Waals surface area contributed by atoms with E-state index in [9.17, 15) is 9.59 Å². The van der Waals surface area contributed by atoms with Gasteiger partial charge in [0.05, 0.1) is 5.75 Å². The number of amides is 2. The lowest BCUT2D eigenvalue weighted by molar-refractivity contribution is -0.138. The average Bonchev–Trinajstić information content (AvgIpc) is 2.73. The molecule has 0 spiro atoms. The fourth-order valence-corrected chi connectivity index (χ4v) is 3.70. The third-order valence-corrected chi connectivity index (χ3v) is 6.08. The number of hydrogen-bond acceptors (Lipinski definition) is 3. The molecule has 0 aromatic heterocycles. The van der Waals surface area contributed by atoms with Crippen LogP contribution in [0.4, 0.5) is 0 Å². The molecule has 0 heterocycles. The number of carbonyl (C=O) groups excluding carboxylic acids is 2. The third kappa shape index (κ3) is 7.75. The molecule has 156 valence electrons. The van der Waals surface area contributed by atoms with Crippen molar-refractivity contribution < 1.29 is 9.59 Å². The molecule has 2 unspecified atom stereocenters. The molecule has 29 heavy (non-hydrogen) atoms. The zero-order valence-corrected chi connectivity index (χ0v) is 18.8. The predicted octanol–water partition coefficient (Wildman–Crippen LogP) is 4.81. The quantitative estimate of drug-likeness (QED) is 0.548. The molecule has 0 aliphatic carbocycles. The molecule has 0 saturated carbocycles. The van der Waals surface area contributed by atoms with Crippen molar-refractivity contribution in [3.63, 3.8) is 0 Å². The van der Waals surface area contributed by atoms with E-state index in [1.54, 1.807) is 11.8 Å². The van der Waals surface area contributed by atoms with Crippen molar-refractivity contribution in [2.75, 3.05) is 12.3 Å². The molecule has 4 nitrogen and oxygen atoms in total. The van der Waals surface area contributed by atoms with Crippen molar-refractivity contribution in [3.05, 3.63) is 65.2 Å². The highest BCUT2D eigenvalue weighted by Crippen LogP contribution is 2.21. The number of carbonyl (C=O) groups is 2. The van der Waals surface area contributed by atoms with E-state index in [1.165, 1.54) is 11.8 Å². The van der Waals surface area contributed by atoms with Gasteiger partial charge in [-0.05, 0) is 56.5 Å². The maximum atomic E-state index is 13.0. The molecule has 2 aromatic rings. The summed E-state index contributed by atoms with van der Waals surface area (Å²) in [6, 6.07) is 17.0. The molecule has 0 saturated heterocycles. The number of nitrogens with zero attached hydrogens (tertiary/aromatic N) is 1. The molecule has 2 aromatic carbocycles. The standard InChI is InChI=1S/C23H29ClN2O2S/c1-4-17(2)25-23(28)18(3)26(15-14-19-8-6-5-7-9-19)22(27)16-29-21-12-10-20(24)11-13-21/h5-13,17-18H,4,14-16H2,1-3H3,(H,25,28). The summed E-state index contributed by atoms with van der Waals surface area (Å²) in [6.07, 6.45) is 1.56. The fraction of sp³-hybridized carbons (Fsp3) is 0.391. The van der Waals surface area contributed by atoms with E-state index in [0.717, 1.165) is 16.9 Å². The van der Waals surface area contributed by atoms with Gasteiger partial charge in [-0.25, -0.2) is 0 Å². The van der Waals surface area contributed by atoms with Crippen LogP contribution in [0.25, 0.3) is 0 Å². The Hall–Kier alpha value is -1.98. The largest absolute Gasteiger partial charge is 0.352 e. The molecular weight excluding hydrogens is 404 g/mol. The highest BCUT2D eigenvalue weighted by atomic mass is 35.5. The average molecular weight is 433 g/mol. The van der Waals surface area contributed by atoms with Gasteiger partial charge in [-0.1, -0.05) is 48.9 Å². The van der Waals surface area contributed by atoms with Gasteiger partial charge in [0.2, 0.25) is 11.8 Å². The van der Waals surface area contributed by atoms with E-state index < -0.39 is 6.04 Å². The first-order chi connectivity index (χ1) is 13.9. The van der Waals surface area contributed by atoms with Crippen molar-refractivity contribution in [1.82, 2.24) is 10.2 Å². The number of rotatable bonds is 10. The van der Waals surface area contributed by atoms with Crippen molar-refractivity contribution in [2.24, 2.45) is 0 Å². The second-order valence-corrected chi connectivity index (χ2v) is 8.54. The summed E-state index contributed by atoms with van der Waals surface area (Å²) in [5, 5.41) is 3.66. The molecule has 0 fully saturated rings. The van der Waals surface area contributed by atoms with Crippen LogP contribution < -0.4 is 5.32 Å². The molecule has 0 radical (unpaired) electrons. The summed E-state index contributed by atoms with van der Waals surface area (Å²) < 4.78 is 0. The minimum absolute atomic E-state index is 0.0484. The Morgan fingerprint density at radius 3 is 2.34 bits per heavy atom. The SMILES string of the molecule is CCC(C)NC(=O)C(C)N(CCc1ccccc1)C(=O)CSc1ccc(Cl)cc1. The van der Waals surface area contributed by atoms with Crippen molar-refractivity contribution in [1.29, 1.82) is 0 Å². The molecule has 2 rings (SSSR count). The number of thioether (sulfide) groups is 1. The monoisotopic (exact) mass is 432 g/mol. The van der Waals surface area contributed by atoms with Crippen LogP contribution in [0.15, 0.2) is 59.5 Å². The van der Waals surface area contributed by atoms with Crippen LogP contribution in [0.2, 0.25) is 5.02 Å². The van der Waals surface area contributed by atoms with Gasteiger partial charge < -0.3 is 10.2 Å². The normalized spacial score (nSPS) is 12.8. The van der Waals surface area contributed by atoms with E-state index in [4.69, 9.17) is 11.6 Å². The first-order valence-electron chi connectivity index (χ1n) is 9.92. The second-order valence-electron chi connectivity index (χ2n) is 7.06. The summed E-state index contributed by atoms with van der Waals surface area (Å²) >= 11 is 7.38. The van der Waals surface area contributed by atoms with Gasteiger partial charge in [-0.3, -0.25) is 9.59 Å². The Labute approximate surface area is 183 Å². The Kier molecular flexibility index (Phi) is 9.55. The van der Waals surface area contributed by atoms with Crippen LogP contribution >= 0.6 is 23.4 Å². The molecule has 1 N–H and O–H groups in total. The lowest BCUT2D eigenvalue weighted by Crippen LogP contribution is -2.51. The summed E-state index contributed by atoms with van der Waals surface area (Å²) in [5.74, 6) is 0.113. The van der Waals surface area contributed by atoms with Gasteiger partial charge in [0.15, 0.2) is 0 Å². The van der Waals surface area contributed by atoms with Crippen molar-refractivity contribution in [2.45, 2.75) is 50.6 Å². The highest BCUT2D eigenvalue weighted by molar-refractivity contribution is 8.00. The smallest absolute Gasteiger partial charge is 0.242 e. The van der Waals surface area contributed by atoms with Gasteiger partial charge in [0, 0.05) is 22.5 Å². The van der Waals surface area contributed by atoms with Crippen LogP contribution in [-0.2, 0) is 16.0 Å². The van der Waals surface area contributed by atoms with Crippen LogP contribution in [-0.4, -0.2) is 41.1 Å². The molecule has 0 aliphatic rings. The summed E-state index contributed by atoms with van der Waals surface area (Å²) in [4.78, 5) is 28.3. The molecule has 0 bridgehead atoms. The first kappa shape index (κ1) is 23.3. The number of benzene rings is 2. The molecular formula is C23H29ClN2O2S. The van der Waals surface area contributed by atoms with Gasteiger partial charge in [-0.2, -0.15) is 0 Å². The summed E-state index contributed by atoms with van der Waals surface area (Å²) in [6.45, 7) is 6.29. The topological polar surface area (TPSA) is 49.4 Å². The maximum Gasteiger partial charge on any atom is 0.242 e. The Bertz CT molecular complexity index is 783. The van der Waals surface area contributed by atoms with Gasteiger partial charge >= 0.3 is 0 Å². The van der Waals surface area contributed by atoms with E-state index in [1.807, 2.05) is 68.4 Å². The Morgan fingerprint density at radius 1 is 1.07 bits per heavy atom. The van der Waals surface area contributed by atoms with Crippen molar-refractivity contribution in [3.8, 4) is 0 Å². The highest BCUT2D eigenvalue weighted by Gasteiger charge is 2.26. The number of hydrogen-bond donors (Lipinski definition) is 1. The number of halogens is 1. The van der Waals surface area contributed by atoms with E-state index in [2.05, 4.69) is 5.32 Å². The van der Waals surface area contributed by atoms with Crippen LogP contribution in [0.5, 0.6) is 0 Å². The maximum absolute atomic E-state index is 13.0. The minimum Gasteiger partial charge on any atom is -0.352 e. The van der Waals surface area contributed by atoms with E-state index >= 15 is 0 Å². The minimum atomic E-state index is -0.522. The van der Waals surface area contributed by atoms with Crippen LogP contribution in [0.3, 0.4) is 0 Å². The molecule has 2 amide bonds. The zero-order valence-electron chi connectivity index (χ0n) is 17.2. The Balaban J connectivity index is 2.05. The lowest BCUT2D eigenvalue weighted by atomic mass is 10.1. The molecule has 6 heteroatoms. The second kappa shape index (κ2) is 11.9. The molecule has 0 aliphatic heterocycles. The van der Waals surface area contributed by atoms with E-state index in [-0.39, 0.29) is 23.6 Å². The number of nitrogens with one attached hydrogen (secondary N) is 1. The van der Waals surface area contributed by atoms with Gasteiger partial charge in [0.25, 0.3) is 0 Å². The summed E-state index contributed by atoms with van der Waals surface area (Å²) in [5.41, 5.74) is 1.14. The zero-order chi connectivity index (χ0) is 21.2.